The summed E-state index contributed by atoms with van der Waals surface area (Å²) in [6.07, 6.45) is -4.71. The van der Waals surface area contributed by atoms with Crippen molar-refractivity contribution >= 4 is 0 Å². The molecule has 0 spiro atoms. The molecule has 16 heavy (non-hydrogen) atoms. The highest BCUT2D eigenvalue weighted by atomic mass is 19.4. The Morgan fingerprint density at radius 1 is 1.38 bits per heavy atom. The van der Waals surface area contributed by atoms with Crippen molar-refractivity contribution in [1.82, 2.24) is 9.55 Å². The number of aromatic amines is 1. The summed E-state index contributed by atoms with van der Waals surface area (Å²) in [5.41, 5.74) is -3.29. The molecule has 0 saturated heterocycles. The van der Waals surface area contributed by atoms with Gasteiger partial charge in [0.25, 0.3) is 5.56 Å². The summed E-state index contributed by atoms with van der Waals surface area (Å²) in [4.78, 5) is 23.9. The summed E-state index contributed by atoms with van der Waals surface area (Å²) in [6.45, 7) is 3.26. The van der Waals surface area contributed by atoms with Gasteiger partial charge in [-0.15, -0.1) is 0 Å². The molecular formula is C9H11F3N2O2. The molecule has 0 atom stereocenters. The highest BCUT2D eigenvalue weighted by Crippen LogP contribution is 2.27. The van der Waals surface area contributed by atoms with E-state index in [-0.39, 0.29) is 12.5 Å². The van der Waals surface area contributed by atoms with E-state index in [1.807, 2.05) is 4.98 Å². The number of rotatable bonds is 2. The highest BCUT2D eigenvalue weighted by molar-refractivity contribution is 5.05. The number of aromatic nitrogens is 2. The quantitative estimate of drug-likeness (QED) is 0.839. The summed E-state index contributed by atoms with van der Waals surface area (Å²) in [6, 6.07) is 0.393. The molecule has 0 aromatic carbocycles. The van der Waals surface area contributed by atoms with Gasteiger partial charge >= 0.3 is 11.9 Å². The summed E-state index contributed by atoms with van der Waals surface area (Å²) in [5, 5.41) is 0. The zero-order valence-corrected chi connectivity index (χ0v) is 8.76. The van der Waals surface area contributed by atoms with Gasteiger partial charge in [-0.2, -0.15) is 13.2 Å². The van der Waals surface area contributed by atoms with Gasteiger partial charge in [0, 0.05) is 12.6 Å². The number of hydrogen-bond donors (Lipinski definition) is 1. The van der Waals surface area contributed by atoms with Gasteiger partial charge in [-0.1, -0.05) is 13.8 Å². The van der Waals surface area contributed by atoms with Crippen LogP contribution in [-0.4, -0.2) is 9.55 Å². The van der Waals surface area contributed by atoms with Gasteiger partial charge in [0.2, 0.25) is 0 Å². The highest BCUT2D eigenvalue weighted by Gasteiger charge is 2.35. The third-order valence-corrected chi connectivity index (χ3v) is 1.87. The second-order valence-electron chi connectivity index (χ2n) is 3.83. The Morgan fingerprint density at radius 3 is 2.38 bits per heavy atom. The van der Waals surface area contributed by atoms with Gasteiger partial charge in [0.15, 0.2) is 0 Å². The molecule has 0 aliphatic carbocycles. The van der Waals surface area contributed by atoms with Crippen molar-refractivity contribution in [2.45, 2.75) is 26.6 Å². The number of nitrogens with one attached hydrogen (secondary N) is 1. The van der Waals surface area contributed by atoms with Crippen LogP contribution in [-0.2, 0) is 12.7 Å². The van der Waals surface area contributed by atoms with E-state index < -0.39 is 23.1 Å². The molecular weight excluding hydrogens is 225 g/mol. The molecule has 7 heteroatoms. The molecule has 90 valence electrons. The molecule has 1 aromatic rings. The van der Waals surface area contributed by atoms with Crippen LogP contribution in [0.25, 0.3) is 0 Å². The molecule has 1 aromatic heterocycles. The lowest BCUT2D eigenvalue weighted by atomic mass is 10.2. The van der Waals surface area contributed by atoms with E-state index in [0.29, 0.717) is 10.6 Å². The molecule has 0 fully saturated rings. The topological polar surface area (TPSA) is 54.9 Å². The smallest absolute Gasteiger partial charge is 0.289 e. The van der Waals surface area contributed by atoms with Crippen LogP contribution in [0.5, 0.6) is 0 Å². The molecule has 1 heterocycles. The average Bonchev–Trinajstić information content (AvgIpc) is 2.06. The maximum absolute atomic E-state index is 12.5. The summed E-state index contributed by atoms with van der Waals surface area (Å²) in [7, 11) is 0. The minimum Gasteiger partial charge on any atom is -0.289 e. The summed E-state index contributed by atoms with van der Waals surface area (Å²) in [5.74, 6) is -0.135. The van der Waals surface area contributed by atoms with Gasteiger partial charge in [-0.3, -0.25) is 14.3 Å². The second-order valence-corrected chi connectivity index (χ2v) is 3.83. The first-order chi connectivity index (χ1) is 7.21. The van der Waals surface area contributed by atoms with Crippen LogP contribution < -0.4 is 11.2 Å². The monoisotopic (exact) mass is 236 g/mol. The third kappa shape index (κ3) is 2.74. The Kier molecular flexibility index (Phi) is 3.25. The van der Waals surface area contributed by atoms with Crippen molar-refractivity contribution in [3.05, 3.63) is 32.6 Å². The average molecular weight is 236 g/mol. The fraction of sp³-hybridized carbons (Fsp3) is 0.556. The van der Waals surface area contributed by atoms with Gasteiger partial charge < -0.3 is 0 Å². The predicted molar refractivity (Wildman–Crippen MR) is 51.2 cm³/mol. The van der Waals surface area contributed by atoms with Crippen LogP contribution >= 0.6 is 0 Å². The normalized spacial score (nSPS) is 12.1. The molecule has 0 aliphatic rings. The van der Waals surface area contributed by atoms with E-state index >= 15 is 0 Å². The zero-order chi connectivity index (χ0) is 12.5. The van der Waals surface area contributed by atoms with Crippen molar-refractivity contribution in [2.75, 3.05) is 0 Å². The number of H-pyrrole nitrogens is 1. The lowest BCUT2D eigenvalue weighted by molar-refractivity contribution is -0.144. The Labute approximate surface area is 88.7 Å². The fourth-order valence-electron chi connectivity index (χ4n) is 1.30. The van der Waals surface area contributed by atoms with Crippen LogP contribution in [0, 0.1) is 5.92 Å². The third-order valence-electron chi connectivity index (χ3n) is 1.87. The number of alkyl halides is 3. The second kappa shape index (κ2) is 4.15. The van der Waals surface area contributed by atoms with Gasteiger partial charge in [0.1, 0.15) is 5.69 Å². The molecule has 0 amide bonds. The maximum atomic E-state index is 12.5. The Hall–Kier alpha value is -1.53. The molecule has 1 rings (SSSR count). The Balaban J connectivity index is 3.45. The number of hydrogen-bond acceptors (Lipinski definition) is 2. The van der Waals surface area contributed by atoms with E-state index in [9.17, 15) is 22.8 Å². The molecule has 0 radical (unpaired) electrons. The Morgan fingerprint density at radius 2 is 1.94 bits per heavy atom. The van der Waals surface area contributed by atoms with E-state index in [0.717, 1.165) is 0 Å². The fourth-order valence-corrected chi connectivity index (χ4v) is 1.30. The molecule has 0 unspecified atom stereocenters. The largest absolute Gasteiger partial charge is 0.431 e. The minimum absolute atomic E-state index is 0.0928. The van der Waals surface area contributed by atoms with Crippen molar-refractivity contribution in [3.8, 4) is 0 Å². The van der Waals surface area contributed by atoms with Gasteiger partial charge in [-0.05, 0) is 5.92 Å². The zero-order valence-electron chi connectivity index (χ0n) is 8.76. The number of halogens is 3. The Bertz CT molecular complexity index is 485. The first kappa shape index (κ1) is 12.5. The minimum atomic E-state index is -4.71. The van der Waals surface area contributed by atoms with E-state index in [2.05, 4.69) is 0 Å². The van der Waals surface area contributed by atoms with Crippen LogP contribution in [0.2, 0.25) is 0 Å². The lowest BCUT2D eigenvalue weighted by Crippen LogP contribution is -2.36. The number of nitrogens with zero attached hydrogens (tertiary/aromatic N) is 1. The van der Waals surface area contributed by atoms with Gasteiger partial charge in [-0.25, -0.2) is 4.79 Å². The van der Waals surface area contributed by atoms with E-state index in [4.69, 9.17) is 0 Å². The standard InChI is InChI=1S/C9H11F3N2O2/c1-5(2)4-14-6(9(10,11)12)3-7(15)13-8(14)16/h3,5H,4H2,1-2H3,(H,13,15,16). The molecule has 0 bridgehead atoms. The first-order valence-electron chi connectivity index (χ1n) is 4.63. The van der Waals surface area contributed by atoms with Crippen LogP contribution in [0.4, 0.5) is 13.2 Å². The summed E-state index contributed by atoms with van der Waals surface area (Å²) >= 11 is 0. The SMILES string of the molecule is CC(C)Cn1c(C(F)(F)F)cc(=O)[nH]c1=O. The van der Waals surface area contributed by atoms with E-state index in [1.165, 1.54) is 0 Å². The molecule has 4 nitrogen and oxygen atoms in total. The lowest BCUT2D eigenvalue weighted by Gasteiger charge is -2.15. The first-order valence-corrected chi connectivity index (χ1v) is 4.63. The molecule has 0 aliphatic heterocycles. The van der Waals surface area contributed by atoms with Crippen molar-refractivity contribution in [2.24, 2.45) is 5.92 Å². The van der Waals surface area contributed by atoms with Crippen LogP contribution in [0.15, 0.2) is 15.7 Å². The maximum Gasteiger partial charge on any atom is 0.431 e. The molecule has 0 saturated carbocycles. The van der Waals surface area contributed by atoms with Gasteiger partial charge in [0.05, 0.1) is 0 Å². The van der Waals surface area contributed by atoms with E-state index in [1.54, 1.807) is 13.8 Å². The molecule has 1 N–H and O–H groups in total. The van der Waals surface area contributed by atoms with Crippen LogP contribution in [0.3, 0.4) is 0 Å². The predicted octanol–water partition coefficient (Wildman–Crippen LogP) is 1.21. The van der Waals surface area contributed by atoms with Crippen molar-refractivity contribution in [1.29, 1.82) is 0 Å². The van der Waals surface area contributed by atoms with Crippen molar-refractivity contribution < 1.29 is 13.2 Å². The summed E-state index contributed by atoms with van der Waals surface area (Å²) < 4.78 is 38.2. The van der Waals surface area contributed by atoms with Crippen molar-refractivity contribution in [3.63, 3.8) is 0 Å². The van der Waals surface area contributed by atoms with Crippen LogP contribution in [0.1, 0.15) is 19.5 Å².